The first-order valence-corrected chi connectivity index (χ1v) is 6.03. The highest BCUT2D eigenvalue weighted by molar-refractivity contribution is 5.70. The zero-order valence-electron chi connectivity index (χ0n) is 9.92. The molecule has 0 aromatic carbocycles. The summed E-state index contributed by atoms with van der Waals surface area (Å²) in [6, 6.07) is 0. The van der Waals surface area contributed by atoms with Crippen LogP contribution in [0.2, 0.25) is 0 Å². The zero-order chi connectivity index (χ0) is 11.1. The number of hydrogen-bond donors (Lipinski definition) is 0. The number of carbonyl (C=O) groups excluding carboxylic acids is 1. The number of rotatable bonds is 6. The van der Waals surface area contributed by atoms with Crippen molar-refractivity contribution in [1.29, 1.82) is 0 Å². The van der Waals surface area contributed by atoms with Gasteiger partial charge in [-0.05, 0) is 31.6 Å². The molecule has 0 unspecified atom stereocenters. The molecule has 0 spiro atoms. The predicted octanol–water partition coefficient (Wildman–Crippen LogP) is 3.47. The minimum absolute atomic E-state index is 0.0664. The van der Waals surface area contributed by atoms with Crippen molar-refractivity contribution in [3.63, 3.8) is 0 Å². The first kappa shape index (κ1) is 12.3. The van der Waals surface area contributed by atoms with E-state index in [1.54, 1.807) is 0 Å². The lowest BCUT2D eigenvalue weighted by molar-refractivity contribution is -0.141. The van der Waals surface area contributed by atoms with Crippen molar-refractivity contribution in [1.82, 2.24) is 0 Å². The van der Waals surface area contributed by atoms with Crippen molar-refractivity contribution in [3.8, 4) is 0 Å². The van der Waals surface area contributed by atoms with Gasteiger partial charge in [-0.25, -0.2) is 0 Å². The Kier molecular flexibility index (Phi) is 5.44. The number of hydrogen-bond acceptors (Lipinski definition) is 2. The summed E-state index contributed by atoms with van der Waals surface area (Å²) in [6.45, 7) is 2.22. The molecule has 1 aliphatic carbocycles. The van der Waals surface area contributed by atoms with Crippen LogP contribution in [0.15, 0.2) is 11.6 Å². The lowest BCUT2D eigenvalue weighted by Gasteiger charge is -2.13. The van der Waals surface area contributed by atoms with Crippen LogP contribution in [-0.2, 0) is 9.53 Å². The topological polar surface area (TPSA) is 26.3 Å². The molecule has 0 aromatic rings. The molecule has 1 atom stereocenters. The summed E-state index contributed by atoms with van der Waals surface area (Å²) in [5, 5.41) is 0. The van der Waals surface area contributed by atoms with Crippen molar-refractivity contribution >= 4 is 5.97 Å². The van der Waals surface area contributed by atoms with Crippen LogP contribution in [0.3, 0.4) is 0 Å². The molecule has 2 nitrogen and oxygen atoms in total. The van der Waals surface area contributed by atoms with Crippen LogP contribution in [0.4, 0.5) is 0 Å². The Balaban J connectivity index is 2.32. The average molecular weight is 210 g/mol. The summed E-state index contributed by atoms with van der Waals surface area (Å²) in [5.41, 5.74) is 1.49. The Bertz CT molecular complexity index is 231. The summed E-state index contributed by atoms with van der Waals surface area (Å²) in [4.78, 5) is 11.2. The molecule has 1 aliphatic rings. The largest absolute Gasteiger partial charge is 0.469 e. The molecular formula is C13H22O2. The van der Waals surface area contributed by atoms with E-state index >= 15 is 0 Å². The van der Waals surface area contributed by atoms with Gasteiger partial charge in [0, 0.05) is 0 Å². The van der Waals surface area contributed by atoms with E-state index in [-0.39, 0.29) is 5.97 Å². The fourth-order valence-corrected chi connectivity index (χ4v) is 2.22. The van der Waals surface area contributed by atoms with Gasteiger partial charge in [-0.3, -0.25) is 4.79 Å². The molecule has 0 fully saturated rings. The van der Waals surface area contributed by atoms with Gasteiger partial charge in [0.05, 0.1) is 13.5 Å². The Hall–Kier alpha value is -0.790. The van der Waals surface area contributed by atoms with Crippen LogP contribution in [0.5, 0.6) is 0 Å². The average Bonchev–Trinajstić information content (AvgIpc) is 2.66. The lowest BCUT2D eigenvalue weighted by atomic mass is 9.94. The van der Waals surface area contributed by atoms with Crippen LogP contribution in [0, 0.1) is 5.92 Å². The number of methoxy groups -OCH3 is 1. The highest BCUT2D eigenvalue weighted by atomic mass is 16.5. The molecule has 0 aliphatic heterocycles. The molecule has 15 heavy (non-hydrogen) atoms. The molecular weight excluding hydrogens is 188 g/mol. The van der Waals surface area contributed by atoms with Gasteiger partial charge in [-0.1, -0.05) is 31.4 Å². The minimum atomic E-state index is -0.0664. The number of esters is 1. The first-order valence-electron chi connectivity index (χ1n) is 6.03. The first-order chi connectivity index (χ1) is 7.27. The number of allylic oxidation sites excluding steroid dienone is 2. The van der Waals surface area contributed by atoms with E-state index in [1.165, 1.54) is 38.4 Å². The highest BCUT2D eigenvalue weighted by Gasteiger charge is 2.21. The third-order valence-electron chi connectivity index (χ3n) is 3.16. The Morgan fingerprint density at radius 1 is 1.53 bits per heavy atom. The molecule has 0 saturated carbocycles. The van der Waals surface area contributed by atoms with E-state index in [2.05, 4.69) is 13.0 Å². The smallest absolute Gasteiger partial charge is 0.306 e. The minimum Gasteiger partial charge on any atom is -0.469 e. The monoisotopic (exact) mass is 210 g/mol. The molecule has 0 aromatic heterocycles. The maximum absolute atomic E-state index is 11.2. The van der Waals surface area contributed by atoms with Crippen molar-refractivity contribution in [2.45, 2.75) is 51.9 Å². The number of unbranched alkanes of at least 4 members (excludes halogenated alkanes) is 2. The fraction of sp³-hybridized carbons (Fsp3) is 0.769. The van der Waals surface area contributed by atoms with E-state index in [9.17, 15) is 4.79 Å². The Morgan fingerprint density at radius 2 is 2.33 bits per heavy atom. The second-order valence-electron chi connectivity index (χ2n) is 4.29. The fourth-order valence-electron chi connectivity index (χ4n) is 2.22. The van der Waals surface area contributed by atoms with Crippen molar-refractivity contribution in [3.05, 3.63) is 11.6 Å². The quantitative estimate of drug-likeness (QED) is 0.381. The van der Waals surface area contributed by atoms with Gasteiger partial charge < -0.3 is 4.74 Å². The number of ether oxygens (including phenoxy) is 1. The summed E-state index contributed by atoms with van der Waals surface area (Å²) in [7, 11) is 1.47. The Morgan fingerprint density at radius 3 is 3.00 bits per heavy atom. The standard InChI is InChI=1S/C13H22O2/c1-3-4-5-7-11-8-6-9-12(11)10-13(14)15-2/h8,12H,3-7,9-10H2,1-2H3/t12-/m1/s1. The summed E-state index contributed by atoms with van der Waals surface area (Å²) < 4.78 is 4.72. The van der Waals surface area contributed by atoms with Gasteiger partial charge in [0.15, 0.2) is 0 Å². The molecule has 2 heteroatoms. The van der Waals surface area contributed by atoms with Gasteiger partial charge in [-0.15, -0.1) is 0 Å². The highest BCUT2D eigenvalue weighted by Crippen LogP contribution is 2.32. The van der Waals surface area contributed by atoms with Gasteiger partial charge in [0.2, 0.25) is 0 Å². The maximum Gasteiger partial charge on any atom is 0.306 e. The van der Waals surface area contributed by atoms with Crippen molar-refractivity contribution < 1.29 is 9.53 Å². The van der Waals surface area contributed by atoms with Gasteiger partial charge >= 0.3 is 5.97 Å². The molecule has 0 amide bonds. The van der Waals surface area contributed by atoms with Gasteiger partial charge in [0.1, 0.15) is 0 Å². The van der Waals surface area contributed by atoms with Crippen LogP contribution in [0.1, 0.15) is 51.9 Å². The third kappa shape index (κ3) is 4.06. The van der Waals surface area contributed by atoms with Crippen LogP contribution < -0.4 is 0 Å². The second kappa shape index (κ2) is 6.65. The van der Waals surface area contributed by atoms with E-state index in [0.717, 1.165) is 12.8 Å². The van der Waals surface area contributed by atoms with Crippen LogP contribution in [0.25, 0.3) is 0 Å². The Labute approximate surface area is 92.7 Å². The van der Waals surface area contributed by atoms with E-state index in [4.69, 9.17) is 4.74 Å². The third-order valence-corrected chi connectivity index (χ3v) is 3.16. The molecule has 0 radical (unpaired) electrons. The zero-order valence-corrected chi connectivity index (χ0v) is 9.92. The molecule has 0 heterocycles. The SMILES string of the molecule is CCCCCC1=CCC[C@@H]1CC(=O)OC. The maximum atomic E-state index is 11.2. The lowest BCUT2D eigenvalue weighted by Crippen LogP contribution is -2.09. The van der Waals surface area contributed by atoms with Crippen molar-refractivity contribution in [2.75, 3.05) is 7.11 Å². The van der Waals surface area contributed by atoms with E-state index in [1.807, 2.05) is 0 Å². The van der Waals surface area contributed by atoms with Gasteiger partial charge in [0.25, 0.3) is 0 Å². The predicted molar refractivity (Wildman–Crippen MR) is 61.6 cm³/mol. The summed E-state index contributed by atoms with van der Waals surface area (Å²) in [6.07, 6.45) is 10.2. The second-order valence-corrected chi connectivity index (χ2v) is 4.29. The van der Waals surface area contributed by atoms with Gasteiger partial charge in [-0.2, -0.15) is 0 Å². The van der Waals surface area contributed by atoms with E-state index < -0.39 is 0 Å². The van der Waals surface area contributed by atoms with E-state index in [0.29, 0.717) is 12.3 Å². The molecule has 86 valence electrons. The summed E-state index contributed by atoms with van der Waals surface area (Å²) in [5.74, 6) is 0.401. The normalized spacial score (nSPS) is 20.1. The van der Waals surface area contributed by atoms with Crippen molar-refractivity contribution in [2.24, 2.45) is 5.92 Å². The van der Waals surface area contributed by atoms with Crippen LogP contribution >= 0.6 is 0 Å². The molecule has 0 bridgehead atoms. The number of carbonyl (C=O) groups is 1. The molecule has 1 rings (SSSR count). The van der Waals surface area contributed by atoms with Crippen LogP contribution in [-0.4, -0.2) is 13.1 Å². The molecule has 0 saturated heterocycles. The molecule has 0 N–H and O–H groups in total. The summed E-state index contributed by atoms with van der Waals surface area (Å²) >= 11 is 0.